The summed E-state index contributed by atoms with van der Waals surface area (Å²) in [4.78, 5) is 34.2. The Hall–Kier alpha value is -1.97. The van der Waals surface area contributed by atoms with Crippen LogP contribution in [0.1, 0.15) is 19.3 Å². The highest BCUT2D eigenvalue weighted by atomic mass is 28.4. The van der Waals surface area contributed by atoms with Gasteiger partial charge in [-0.2, -0.15) is 0 Å². The minimum absolute atomic E-state index is 0.180. The van der Waals surface area contributed by atoms with Crippen molar-refractivity contribution in [2.45, 2.75) is 38.0 Å². The molecule has 0 unspecified atom stereocenters. The van der Waals surface area contributed by atoms with Gasteiger partial charge in [-0.15, -0.1) is 0 Å². The fourth-order valence-electron chi connectivity index (χ4n) is 1.83. The molecule has 148 valence electrons. The van der Waals surface area contributed by atoms with E-state index in [2.05, 4.69) is 13.2 Å². The molecule has 0 aromatic heterocycles. The van der Waals surface area contributed by atoms with Crippen LogP contribution < -0.4 is 0 Å². The lowest BCUT2D eigenvalue weighted by Gasteiger charge is -2.22. The first-order valence-electron chi connectivity index (χ1n) is 8.18. The Labute approximate surface area is 155 Å². The van der Waals surface area contributed by atoms with Crippen LogP contribution in [0.4, 0.5) is 0 Å². The van der Waals surface area contributed by atoms with Crippen molar-refractivity contribution >= 4 is 26.5 Å². The Morgan fingerprint density at radius 2 is 1.46 bits per heavy atom. The Morgan fingerprint density at radius 3 is 1.88 bits per heavy atom. The van der Waals surface area contributed by atoms with E-state index < -0.39 is 32.6 Å². The predicted molar refractivity (Wildman–Crippen MR) is 96.5 cm³/mol. The summed E-state index contributed by atoms with van der Waals surface area (Å²) in [5.41, 5.74) is 0. The second-order valence-corrected chi connectivity index (χ2v) is 9.11. The number of hydrogen-bond donors (Lipinski definition) is 0. The minimum Gasteiger partial charge on any atom is -0.458 e. The first kappa shape index (κ1) is 24.0. The average molecular weight is 388 g/mol. The van der Waals surface area contributed by atoms with Gasteiger partial charge in [0.2, 0.25) is 0 Å². The number of carbonyl (C=O) groups is 3. The number of hydrogen-bond acceptors (Lipinski definition) is 8. The van der Waals surface area contributed by atoms with Gasteiger partial charge in [0.25, 0.3) is 0 Å². The molecule has 9 heteroatoms. The van der Waals surface area contributed by atoms with Crippen molar-refractivity contribution in [3.05, 3.63) is 25.3 Å². The highest BCUT2D eigenvalue weighted by Crippen LogP contribution is 2.16. The van der Waals surface area contributed by atoms with Crippen LogP contribution >= 0.6 is 0 Å². The van der Waals surface area contributed by atoms with Crippen molar-refractivity contribution in [2.75, 3.05) is 27.4 Å². The molecule has 0 heterocycles. The van der Waals surface area contributed by atoms with E-state index in [0.29, 0.717) is 6.42 Å². The van der Waals surface area contributed by atoms with E-state index in [1.54, 1.807) is 14.2 Å². The van der Waals surface area contributed by atoms with Crippen LogP contribution in [0.25, 0.3) is 0 Å². The van der Waals surface area contributed by atoms with Crippen molar-refractivity contribution in [1.82, 2.24) is 0 Å². The molecule has 0 saturated carbocycles. The number of unbranched alkanes of at least 4 members (excludes halogenated alkanes) is 1. The van der Waals surface area contributed by atoms with Crippen molar-refractivity contribution in [2.24, 2.45) is 0 Å². The molecule has 0 spiro atoms. The first-order valence-corrected chi connectivity index (χ1v) is 10.7. The van der Waals surface area contributed by atoms with E-state index in [4.69, 9.17) is 23.1 Å². The van der Waals surface area contributed by atoms with Gasteiger partial charge < -0.3 is 23.1 Å². The van der Waals surface area contributed by atoms with Gasteiger partial charge >= 0.3 is 26.5 Å². The molecular weight excluding hydrogens is 360 g/mol. The highest BCUT2D eigenvalue weighted by molar-refractivity contribution is 6.65. The second-order valence-electron chi connectivity index (χ2n) is 5.53. The fourth-order valence-corrected chi connectivity index (χ4v) is 3.30. The molecule has 0 rings (SSSR count). The van der Waals surface area contributed by atoms with Crippen LogP contribution in [0.5, 0.6) is 0 Å². The van der Waals surface area contributed by atoms with Gasteiger partial charge in [0.1, 0.15) is 13.2 Å². The van der Waals surface area contributed by atoms with Crippen LogP contribution in [0.3, 0.4) is 0 Å². The lowest BCUT2D eigenvalue weighted by atomic mass is 10.2. The Kier molecular flexibility index (Phi) is 12.3. The molecule has 0 saturated heterocycles. The molecule has 0 atom stereocenters. The fraction of sp³-hybridized carbons (Fsp3) is 0.588. The predicted octanol–water partition coefficient (Wildman–Crippen LogP) is 1.89. The zero-order chi connectivity index (χ0) is 20.0. The normalized spacial score (nSPS) is 10.9. The first-order chi connectivity index (χ1) is 12.3. The highest BCUT2D eigenvalue weighted by Gasteiger charge is 2.28. The summed E-state index contributed by atoms with van der Waals surface area (Å²) in [6.07, 6.45) is 2.61. The van der Waals surface area contributed by atoms with Gasteiger partial charge in [-0.05, 0) is 19.0 Å². The van der Waals surface area contributed by atoms with E-state index in [1.807, 2.05) is 6.55 Å². The van der Waals surface area contributed by atoms with Gasteiger partial charge in [0.05, 0.1) is 0 Å². The third kappa shape index (κ3) is 10.8. The molecular formula is C17H28O8Si. The van der Waals surface area contributed by atoms with Crippen LogP contribution in [-0.2, 0) is 37.4 Å². The summed E-state index contributed by atoms with van der Waals surface area (Å²) in [6, 6.07) is 0.755. The van der Waals surface area contributed by atoms with Crippen LogP contribution in [0, 0.1) is 0 Å². The summed E-state index contributed by atoms with van der Waals surface area (Å²) >= 11 is 0. The summed E-state index contributed by atoms with van der Waals surface area (Å²) in [5, 5.41) is 0. The van der Waals surface area contributed by atoms with E-state index in [9.17, 15) is 14.4 Å². The van der Waals surface area contributed by atoms with Crippen LogP contribution in [0.15, 0.2) is 25.3 Å². The van der Waals surface area contributed by atoms with Gasteiger partial charge in [-0.25, -0.2) is 9.59 Å². The van der Waals surface area contributed by atoms with Crippen molar-refractivity contribution in [3.8, 4) is 0 Å². The van der Waals surface area contributed by atoms with Crippen molar-refractivity contribution in [3.63, 3.8) is 0 Å². The zero-order valence-corrected chi connectivity index (χ0v) is 16.7. The monoisotopic (exact) mass is 388 g/mol. The van der Waals surface area contributed by atoms with Gasteiger partial charge in [-0.1, -0.05) is 19.6 Å². The lowest BCUT2D eigenvalue weighted by Crippen LogP contribution is -2.35. The molecule has 0 N–H and O–H groups in total. The quantitative estimate of drug-likeness (QED) is 0.146. The van der Waals surface area contributed by atoms with Gasteiger partial charge in [-0.3, -0.25) is 4.79 Å². The molecule has 0 radical (unpaired) electrons. The molecule has 0 aromatic carbocycles. The Bertz CT molecular complexity index is 463. The summed E-state index contributed by atoms with van der Waals surface area (Å²) in [7, 11) is 1.08. The Morgan fingerprint density at radius 1 is 0.962 bits per heavy atom. The summed E-state index contributed by atoms with van der Waals surface area (Å²) in [6.45, 7) is 8.02. The summed E-state index contributed by atoms with van der Waals surface area (Å²) < 4.78 is 25.6. The standard InChI is InChI=1S/C17H28O8Si/c1-6-15(18)23-12-14(13-24-16(19)7-2)25-17(20)10-8-9-11-26(5,21-3)22-4/h6-7,14H,1-2,8-13H2,3-5H3. The molecule has 0 aliphatic rings. The maximum Gasteiger partial charge on any atom is 0.334 e. The van der Waals surface area contributed by atoms with Crippen LogP contribution in [0.2, 0.25) is 12.6 Å². The molecule has 0 amide bonds. The number of carbonyl (C=O) groups excluding carboxylic acids is 3. The van der Waals surface area contributed by atoms with Crippen LogP contribution in [-0.4, -0.2) is 60.0 Å². The van der Waals surface area contributed by atoms with Crippen molar-refractivity contribution in [1.29, 1.82) is 0 Å². The maximum absolute atomic E-state index is 12.0. The minimum atomic E-state index is -2.15. The molecule has 0 bridgehead atoms. The third-order valence-electron chi connectivity index (χ3n) is 3.58. The van der Waals surface area contributed by atoms with E-state index >= 15 is 0 Å². The average Bonchev–Trinajstić information content (AvgIpc) is 2.66. The number of ether oxygens (including phenoxy) is 3. The SMILES string of the molecule is C=CC(=O)OCC(COC(=O)C=C)OC(=O)CCCC[Si](C)(OC)OC. The molecule has 26 heavy (non-hydrogen) atoms. The second kappa shape index (κ2) is 13.3. The maximum atomic E-state index is 12.0. The van der Waals surface area contributed by atoms with Gasteiger partial charge in [0, 0.05) is 32.8 Å². The van der Waals surface area contributed by atoms with Gasteiger partial charge in [0.15, 0.2) is 6.10 Å². The molecule has 0 fully saturated rings. The smallest absolute Gasteiger partial charge is 0.334 e. The molecule has 0 aliphatic heterocycles. The van der Waals surface area contributed by atoms with E-state index in [1.165, 1.54) is 0 Å². The molecule has 0 aliphatic carbocycles. The topological polar surface area (TPSA) is 97.4 Å². The largest absolute Gasteiger partial charge is 0.458 e. The zero-order valence-electron chi connectivity index (χ0n) is 15.7. The number of rotatable bonds is 14. The van der Waals surface area contributed by atoms with E-state index in [-0.39, 0.29) is 19.6 Å². The molecule has 8 nitrogen and oxygen atoms in total. The summed E-state index contributed by atoms with van der Waals surface area (Å²) in [5.74, 6) is -1.80. The van der Waals surface area contributed by atoms with Crippen molar-refractivity contribution < 1.29 is 37.4 Å². The molecule has 0 aromatic rings. The lowest BCUT2D eigenvalue weighted by molar-refractivity contribution is -0.163. The van der Waals surface area contributed by atoms with E-state index in [0.717, 1.165) is 24.6 Å². The Balaban J connectivity index is 4.37. The number of esters is 3. The third-order valence-corrected chi connectivity index (χ3v) is 6.57.